The van der Waals surface area contributed by atoms with Crippen molar-refractivity contribution in [2.24, 2.45) is 0 Å². The highest BCUT2D eigenvalue weighted by molar-refractivity contribution is 6.88. The molecule has 0 saturated heterocycles. The number of carbonyl (C=O) groups is 1. The minimum absolute atomic E-state index is 0.0740. The van der Waals surface area contributed by atoms with Gasteiger partial charge in [0.05, 0.1) is 8.07 Å². The maximum atomic E-state index is 12.1. The summed E-state index contributed by atoms with van der Waals surface area (Å²) in [4.78, 5) is 12.1. The van der Waals surface area contributed by atoms with Crippen molar-refractivity contribution in [2.45, 2.75) is 83.8 Å². The first-order chi connectivity index (χ1) is 9.80. The molecule has 0 atom stereocenters. The van der Waals surface area contributed by atoms with Crippen molar-refractivity contribution in [1.82, 2.24) is 0 Å². The summed E-state index contributed by atoms with van der Waals surface area (Å²) in [5.41, 5.74) is 6.57. The number of hydrogen-bond donors (Lipinski definition) is 0. The summed E-state index contributed by atoms with van der Waals surface area (Å²) in [5.74, 6) is 0.854. The number of esters is 1. The molecule has 1 heterocycles. The van der Waals surface area contributed by atoms with E-state index in [9.17, 15) is 4.79 Å². The van der Waals surface area contributed by atoms with E-state index >= 15 is 0 Å². The van der Waals surface area contributed by atoms with Crippen molar-refractivity contribution in [3.05, 3.63) is 22.6 Å². The molecule has 0 fully saturated rings. The molecular weight excluding hydrogens is 276 g/mol. The van der Waals surface area contributed by atoms with E-state index in [0.29, 0.717) is 16.6 Å². The van der Waals surface area contributed by atoms with Gasteiger partial charge in [0.1, 0.15) is 5.76 Å². The number of hydrogen-bond acceptors (Lipinski definition) is 2. The van der Waals surface area contributed by atoms with E-state index in [1.807, 2.05) is 0 Å². The fraction of sp³-hybridized carbons (Fsp3) is 0.722. The van der Waals surface area contributed by atoms with Gasteiger partial charge in [-0.3, -0.25) is 0 Å². The maximum absolute atomic E-state index is 12.1. The second-order valence-corrected chi connectivity index (χ2v) is 13.3. The lowest BCUT2D eigenvalue weighted by atomic mass is 9.93. The summed E-state index contributed by atoms with van der Waals surface area (Å²) in [6.07, 6.45) is 4.24. The van der Waals surface area contributed by atoms with Gasteiger partial charge in [0.15, 0.2) is 0 Å². The zero-order valence-electron chi connectivity index (χ0n) is 14.5. The monoisotopic (exact) mass is 306 g/mol. The van der Waals surface area contributed by atoms with Crippen molar-refractivity contribution in [2.75, 3.05) is 0 Å². The third-order valence-electron chi connectivity index (χ3n) is 5.60. The SMILES string of the molecule is CC(C)[Si](/C=C1\OC(=O)C2=C1CCCC2)(C(C)C)C(C)C. The fourth-order valence-corrected chi connectivity index (χ4v) is 10.2. The molecule has 0 N–H and O–H groups in total. The third-order valence-corrected chi connectivity index (χ3v) is 12.4. The standard InChI is InChI=1S/C18H30O2Si/c1-12(2)21(13(3)4,14(5)6)11-17-15-9-7-8-10-16(15)18(19)20-17/h11-14H,7-10H2,1-6H3/b17-11-. The Balaban J connectivity index is 2.49. The summed E-state index contributed by atoms with van der Waals surface area (Å²) in [7, 11) is -1.67. The molecule has 0 radical (unpaired) electrons. The van der Waals surface area contributed by atoms with Crippen LogP contribution in [0.4, 0.5) is 0 Å². The Labute approximate surface area is 130 Å². The summed E-state index contributed by atoms with van der Waals surface area (Å²) < 4.78 is 5.70. The highest BCUT2D eigenvalue weighted by Gasteiger charge is 2.43. The van der Waals surface area contributed by atoms with Gasteiger partial charge in [0.25, 0.3) is 0 Å². The molecule has 0 amide bonds. The summed E-state index contributed by atoms with van der Waals surface area (Å²) in [6.45, 7) is 14.1. The van der Waals surface area contributed by atoms with E-state index in [4.69, 9.17) is 4.74 Å². The van der Waals surface area contributed by atoms with Gasteiger partial charge in [-0.15, -0.1) is 0 Å². The second-order valence-electron chi connectivity index (χ2n) is 7.53. The van der Waals surface area contributed by atoms with Gasteiger partial charge < -0.3 is 4.74 Å². The Bertz CT molecular complexity index is 462. The third kappa shape index (κ3) is 2.77. The van der Waals surface area contributed by atoms with Crippen molar-refractivity contribution in [3.8, 4) is 0 Å². The average molecular weight is 307 g/mol. The van der Waals surface area contributed by atoms with Gasteiger partial charge >= 0.3 is 5.97 Å². The highest BCUT2D eigenvalue weighted by atomic mass is 28.3. The predicted molar refractivity (Wildman–Crippen MR) is 90.7 cm³/mol. The van der Waals surface area contributed by atoms with Crippen LogP contribution in [0.15, 0.2) is 22.6 Å². The smallest absolute Gasteiger partial charge is 0.339 e. The lowest BCUT2D eigenvalue weighted by Crippen LogP contribution is -2.43. The van der Waals surface area contributed by atoms with Crippen LogP contribution in [0.2, 0.25) is 16.6 Å². The van der Waals surface area contributed by atoms with E-state index in [-0.39, 0.29) is 5.97 Å². The van der Waals surface area contributed by atoms with Crippen LogP contribution in [0.5, 0.6) is 0 Å². The second kappa shape index (κ2) is 6.11. The molecule has 2 aliphatic rings. The predicted octanol–water partition coefficient (Wildman–Crippen LogP) is 5.52. The number of cyclic esters (lactones) is 1. The lowest BCUT2D eigenvalue weighted by Gasteiger charge is -2.41. The van der Waals surface area contributed by atoms with E-state index in [0.717, 1.165) is 30.6 Å². The van der Waals surface area contributed by atoms with Crippen molar-refractivity contribution < 1.29 is 9.53 Å². The van der Waals surface area contributed by atoms with E-state index in [2.05, 4.69) is 47.2 Å². The first kappa shape index (κ1) is 16.5. The maximum Gasteiger partial charge on any atom is 0.339 e. The van der Waals surface area contributed by atoms with Crippen LogP contribution in [0, 0.1) is 0 Å². The molecule has 0 unspecified atom stereocenters. The molecule has 2 rings (SSSR count). The summed E-state index contributed by atoms with van der Waals surface area (Å²) in [5, 5.41) is 0. The topological polar surface area (TPSA) is 26.3 Å². The van der Waals surface area contributed by atoms with Crippen LogP contribution in [0.25, 0.3) is 0 Å². The molecule has 0 aromatic heterocycles. The molecule has 0 saturated carbocycles. The molecular formula is C18H30O2Si. The molecule has 118 valence electrons. The van der Waals surface area contributed by atoms with Crippen molar-refractivity contribution >= 4 is 14.0 Å². The normalized spacial score (nSPS) is 21.8. The number of rotatable bonds is 4. The van der Waals surface area contributed by atoms with Crippen LogP contribution in [-0.4, -0.2) is 14.0 Å². The molecule has 0 aromatic rings. The Hall–Kier alpha value is -0.833. The van der Waals surface area contributed by atoms with E-state index < -0.39 is 8.07 Å². The first-order valence-electron chi connectivity index (χ1n) is 8.48. The van der Waals surface area contributed by atoms with Gasteiger partial charge in [0.2, 0.25) is 0 Å². The Kier molecular flexibility index (Phi) is 4.81. The zero-order chi connectivity index (χ0) is 15.8. The molecule has 2 nitrogen and oxygen atoms in total. The summed E-state index contributed by atoms with van der Waals surface area (Å²) >= 11 is 0. The van der Waals surface area contributed by atoms with Crippen LogP contribution < -0.4 is 0 Å². The van der Waals surface area contributed by atoms with Crippen LogP contribution in [0.1, 0.15) is 67.2 Å². The Morgan fingerprint density at radius 3 is 1.86 bits per heavy atom. The first-order valence-corrected chi connectivity index (χ1v) is 10.8. The molecule has 1 aliphatic heterocycles. The number of allylic oxidation sites excluding steroid dienone is 1. The Morgan fingerprint density at radius 2 is 1.38 bits per heavy atom. The van der Waals surface area contributed by atoms with Gasteiger partial charge in [-0.05, 0) is 42.3 Å². The van der Waals surface area contributed by atoms with Gasteiger partial charge in [-0.1, -0.05) is 47.2 Å². The lowest BCUT2D eigenvalue weighted by molar-refractivity contribution is -0.133. The fourth-order valence-electron chi connectivity index (χ4n) is 4.47. The van der Waals surface area contributed by atoms with Crippen LogP contribution in [-0.2, 0) is 9.53 Å². The zero-order valence-corrected chi connectivity index (χ0v) is 15.5. The van der Waals surface area contributed by atoms with E-state index in [1.165, 1.54) is 12.0 Å². The highest BCUT2D eigenvalue weighted by Crippen LogP contribution is 2.46. The molecule has 0 spiro atoms. The van der Waals surface area contributed by atoms with Crippen molar-refractivity contribution in [3.63, 3.8) is 0 Å². The van der Waals surface area contributed by atoms with Crippen LogP contribution >= 0.6 is 0 Å². The number of ether oxygens (including phenoxy) is 1. The molecule has 0 aromatic carbocycles. The van der Waals surface area contributed by atoms with E-state index in [1.54, 1.807) is 0 Å². The molecule has 1 aliphatic carbocycles. The molecule has 3 heteroatoms. The Morgan fingerprint density at radius 1 is 0.905 bits per heavy atom. The minimum Gasteiger partial charge on any atom is -0.424 e. The van der Waals surface area contributed by atoms with Gasteiger partial charge in [-0.25, -0.2) is 4.79 Å². The largest absolute Gasteiger partial charge is 0.424 e. The number of carbonyl (C=O) groups excluding carboxylic acids is 1. The van der Waals surface area contributed by atoms with Crippen molar-refractivity contribution in [1.29, 1.82) is 0 Å². The molecule has 0 bridgehead atoms. The average Bonchev–Trinajstić information content (AvgIpc) is 2.72. The van der Waals surface area contributed by atoms with Crippen LogP contribution in [0.3, 0.4) is 0 Å². The van der Waals surface area contributed by atoms with Gasteiger partial charge in [-0.2, -0.15) is 0 Å². The minimum atomic E-state index is -1.67. The molecule has 21 heavy (non-hydrogen) atoms. The quantitative estimate of drug-likeness (QED) is 0.505. The van der Waals surface area contributed by atoms with Gasteiger partial charge in [0, 0.05) is 11.1 Å². The summed E-state index contributed by atoms with van der Waals surface area (Å²) in [6, 6.07) is 0.